The standard InChI is InChI=1S/C16H28N4O/c1-6-7-18-15-10-17-9-14(20-15)16(21)19-8-13(11(2)3)12(4)5/h9-13H,6-8H2,1-5H3,(H,18,20)(H,19,21). The van der Waals surface area contributed by atoms with Crippen LogP contribution in [-0.4, -0.2) is 29.0 Å². The Morgan fingerprint density at radius 2 is 1.86 bits per heavy atom. The summed E-state index contributed by atoms with van der Waals surface area (Å²) in [5.41, 5.74) is 0.363. The van der Waals surface area contributed by atoms with Crippen molar-refractivity contribution in [1.82, 2.24) is 15.3 Å². The third kappa shape index (κ3) is 5.69. The number of hydrogen-bond acceptors (Lipinski definition) is 4. The second kappa shape index (κ2) is 8.60. The van der Waals surface area contributed by atoms with E-state index in [1.807, 2.05) is 0 Å². The highest BCUT2D eigenvalue weighted by Gasteiger charge is 2.19. The van der Waals surface area contributed by atoms with E-state index in [1.165, 1.54) is 6.20 Å². The zero-order valence-corrected chi connectivity index (χ0v) is 13.8. The van der Waals surface area contributed by atoms with Gasteiger partial charge in [0.2, 0.25) is 0 Å². The fourth-order valence-electron chi connectivity index (χ4n) is 2.36. The second-order valence-electron chi connectivity index (χ2n) is 6.08. The van der Waals surface area contributed by atoms with Gasteiger partial charge in [-0.2, -0.15) is 0 Å². The van der Waals surface area contributed by atoms with Crippen LogP contribution < -0.4 is 10.6 Å². The summed E-state index contributed by atoms with van der Waals surface area (Å²) in [6.45, 7) is 12.3. The lowest BCUT2D eigenvalue weighted by atomic mass is 9.85. The van der Waals surface area contributed by atoms with Crippen molar-refractivity contribution >= 4 is 11.7 Å². The Balaban J connectivity index is 2.62. The summed E-state index contributed by atoms with van der Waals surface area (Å²) in [5, 5.41) is 6.11. The molecule has 1 amide bonds. The molecule has 0 radical (unpaired) electrons. The van der Waals surface area contributed by atoms with Crippen molar-refractivity contribution in [2.75, 3.05) is 18.4 Å². The Bertz CT molecular complexity index is 438. The summed E-state index contributed by atoms with van der Waals surface area (Å²) < 4.78 is 0. The Labute approximate surface area is 128 Å². The molecule has 0 saturated carbocycles. The van der Waals surface area contributed by atoms with Gasteiger partial charge in [0.15, 0.2) is 0 Å². The molecule has 0 fully saturated rings. The topological polar surface area (TPSA) is 66.9 Å². The van der Waals surface area contributed by atoms with Crippen molar-refractivity contribution in [2.24, 2.45) is 17.8 Å². The third-order valence-corrected chi connectivity index (χ3v) is 3.63. The van der Waals surface area contributed by atoms with Crippen LogP contribution >= 0.6 is 0 Å². The minimum absolute atomic E-state index is 0.158. The van der Waals surface area contributed by atoms with Gasteiger partial charge in [0.1, 0.15) is 11.5 Å². The summed E-state index contributed by atoms with van der Waals surface area (Å²) in [6.07, 6.45) is 4.15. The molecule has 0 aliphatic rings. The molecule has 21 heavy (non-hydrogen) atoms. The van der Waals surface area contributed by atoms with Crippen LogP contribution in [0.3, 0.4) is 0 Å². The summed E-state index contributed by atoms with van der Waals surface area (Å²) in [5.74, 6) is 2.02. The minimum atomic E-state index is -0.158. The molecule has 1 aromatic heterocycles. The van der Waals surface area contributed by atoms with Gasteiger partial charge in [-0.15, -0.1) is 0 Å². The summed E-state index contributed by atoms with van der Waals surface area (Å²) in [7, 11) is 0. The molecule has 1 rings (SSSR count). The van der Waals surface area contributed by atoms with E-state index < -0.39 is 0 Å². The van der Waals surface area contributed by atoms with Gasteiger partial charge in [0.25, 0.3) is 5.91 Å². The second-order valence-corrected chi connectivity index (χ2v) is 6.08. The molecule has 118 valence electrons. The highest BCUT2D eigenvalue weighted by atomic mass is 16.1. The molecule has 0 saturated heterocycles. The number of nitrogens with zero attached hydrogens (tertiary/aromatic N) is 2. The number of nitrogens with one attached hydrogen (secondary N) is 2. The predicted octanol–water partition coefficient (Wildman–Crippen LogP) is 2.96. The normalized spacial score (nSPS) is 11.2. The summed E-state index contributed by atoms with van der Waals surface area (Å²) >= 11 is 0. The highest BCUT2D eigenvalue weighted by molar-refractivity contribution is 5.92. The van der Waals surface area contributed by atoms with Crippen LogP contribution in [0.2, 0.25) is 0 Å². The molecule has 1 heterocycles. The van der Waals surface area contributed by atoms with Crippen molar-refractivity contribution in [3.63, 3.8) is 0 Å². The van der Waals surface area contributed by atoms with Crippen molar-refractivity contribution < 1.29 is 4.79 Å². The SMILES string of the molecule is CCCNc1cncc(C(=O)NCC(C(C)C)C(C)C)n1. The lowest BCUT2D eigenvalue weighted by molar-refractivity contribution is 0.0932. The molecule has 2 N–H and O–H groups in total. The van der Waals surface area contributed by atoms with Gasteiger partial charge in [-0.05, 0) is 24.2 Å². The molecule has 0 atom stereocenters. The number of amides is 1. The number of carbonyl (C=O) groups excluding carboxylic acids is 1. The first-order valence-corrected chi connectivity index (χ1v) is 7.79. The largest absolute Gasteiger partial charge is 0.369 e. The van der Waals surface area contributed by atoms with Crippen LogP contribution in [0.4, 0.5) is 5.82 Å². The first-order valence-electron chi connectivity index (χ1n) is 7.79. The van der Waals surface area contributed by atoms with Crippen LogP contribution in [0.1, 0.15) is 51.5 Å². The Kier molecular flexibility index (Phi) is 7.12. The van der Waals surface area contributed by atoms with E-state index in [0.29, 0.717) is 35.8 Å². The molecule has 0 unspecified atom stereocenters. The van der Waals surface area contributed by atoms with Crippen molar-refractivity contribution in [1.29, 1.82) is 0 Å². The van der Waals surface area contributed by atoms with Crippen molar-refractivity contribution in [2.45, 2.75) is 41.0 Å². The minimum Gasteiger partial charge on any atom is -0.369 e. The van der Waals surface area contributed by atoms with E-state index >= 15 is 0 Å². The smallest absolute Gasteiger partial charge is 0.271 e. The molecule has 0 spiro atoms. The molecule has 0 bridgehead atoms. The molecule has 1 aromatic rings. The number of rotatable bonds is 8. The maximum atomic E-state index is 12.2. The van der Waals surface area contributed by atoms with Crippen LogP contribution in [0, 0.1) is 17.8 Å². The summed E-state index contributed by atoms with van der Waals surface area (Å²) in [6, 6.07) is 0. The van der Waals surface area contributed by atoms with Crippen LogP contribution in [-0.2, 0) is 0 Å². The monoisotopic (exact) mass is 292 g/mol. The van der Waals surface area contributed by atoms with Gasteiger partial charge in [0.05, 0.1) is 12.4 Å². The Morgan fingerprint density at radius 1 is 1.19 bits per heavy atom. The zero-order chi connectivity index (χ0) is 15.8. The van der Waals surface area contributed by atoms with Crippen molar-refractivity contribution in [3.8, 4) is 0 Å². The van der Waals surface area contributed by atoms with E-state index in [2.05, 4.69) is 55.2 Å². The highest BCUT2D eigenvalue weighted by Crippen LogP contribution is 2.19. The van der Waals surface area contributed by atoms with Gasteiger partial charge in [-0.25, -0.2) is 4.98 Å². The third-order valence-electron chi connectivity index (χ3n) is 3.63. The molecular weight excluding hydrogens is 264 g/mol. The quantitative estimate of drug-likeness (QED) is 0.773. The molecule has 0 aromatic carbocycles. The van der Waals surface area contributed by atoms with Crippen LogP contribution in [0.15, 0.2) is 12.4 Å². The number of aromatic nitrogens is 2. The van der Waals surface area contributed by atoms with Crippen LogP contribution in [0.25, 0.3) is 0 Å². The lowest BCUT2D eigenvalue weighted by Crippen LogP contribution is -2.34. The maximum absolute atomic E-state index is 12.2. The number of hydrogen-bond donors (Lipinski definition) is 2. The first-order chi connectivity index (χ1) is 9.95. The van der Waals surface area contributed by atoms with Gasteiger partial charge in [0, 0.05) is 13.1 Å². The van der Waals surface area contributed by atoms with Gasteiger partial charge < -0.3 is 10.6 Å². The lowest BCUT2D eigenvalue weighted by Gasteiger charge is -2.24. The fourth-order valence-corrected chi connectivity index (χ4v) is 2.36. The molecular formula is C16H28N4O. The number of carbonyl (C=O) groups is 1. The van der Waals surface area contributed by atoms with E-state index in [4.69, 9.17) is 0 Å². The molecule has 0 aliphatic carbocycles. The Hall–Kier alpha value is -1.65. The average molecular weight is 292 g/mol. The first kappa shape index (κ1) is 17.4. The van der Waals surface area contributed by atoms with Gasteiger partial charge in [-0.3, -0.25) is 9.78 Å². The van der Waals surface area contributed by atoms with Gasteiger partial charge in [-0.1, -0.05) is 34.6 Å². The Morgan fingerprint density at radius 3 is 2.43 bits per heavy atom. The van der Waals surface area contributed by atoms with Gasteiger partial charge >= 0.3 is 0 Å². The molecule has 0 aliphatic heterocycles. The van der Waals surface area contributed by atoms with Crippen molar-refractivity contribution in [3.05, 3.63) is 18.1 Å². The van der Waals surface area contributed by atoms with Crippen LogP contribution in [0.5, 0.6) is 0 Å². The van der Waals surface area contributed by atoms with E-state index in [-0.39, 0.29) is 5.91 Å². The van der Waals surface area contributed by atoms with E-state index in [1.54, 1.807) is 6.20 Å². The average Bonchev–Trinajstić information content (AvgIpc) is 2.44. The fraction of sp³-hybridized carbons (Fsp3) is 0.688. The van der Waals surface area contributed by atoms with E-state index in [0.717, 1.165) is 13.0 Å². The molecule has 5 heteroatoms. The van der Waals surface area contributed by atoms with E-state index in [9.17, 15) is 4.79 Å². The summed E-state index contributed by atoms with van der Waals surface area (Å²) in [4.78, 5) is 20.5. The number of anilines is 1. The maximum Gasteiger partial charge on any atom is 0.271 e. The predicted molar refractivity (Wildman–Crippen MR) is 86.3 cm³/mol. The molecule has 5 nitrogen and oxygen atoms in total. The zero-order valence-electron chi connectivity index (χ0n) is 13.8.